The topological polar surface area (TPSA) is 84.9 Å². The first kappa shape index (κ1) is 20.6. The first-order valence-electron chi connectivity index (χ1n) is 7.57. The third-order valence-electron chi connectivity index (χ3n) is 3.39. The van der Waals surface area contributed by atoms with Gasteiger partial charge in [0.05, 0.1) is 0 Å². The van der Waals surface area contributed by atoms with Crippen LogP contribution in [0.1, 0.15) is 20.3 Å². The van der Waals surface area contributed by atoms with E-state index in [0.29, 0.717) is 6.42 Å². The Morgan fingerprint density at radius 1 is 1.20 bits per heavy atom. The van der Waals surface area contributed by atoms with Crippen molar-refractivity contribution in [2.24, 2.45) is 5.92 Å². The van der Waals surface area contributed by atoms with Crippen LogP contribution in [0.15, 0.2) is 24.3 Å². The summed E-state index contributed by atoms with van der Waals surface area (Å²) in [4.78, 5) is 23.0. The SMILES string of the molecule is CCC(C)C(NC(=O)COc1ccccc1OCC(F)(F)F)C(=O)O. The number of hydrogen-bond acceptors (Lipinski definition) is 4. The Balaban J connectivity index is 2.65. The number of amides is 1. The van der Waals surface area contributed by atoms with Crippen molar-refractivity contribution in [3.63, 3.8) is 0 Å². The quantitative estimate of drug-likeness (QED) is 0.705. The fraction of sp³-hybridized carbons (Fsp3) is 0.500. The van der Waals surface area contributed by atoms with Crippen LogP contribution in [0.5, 0.6) is 11.5 Å². The third kappa shape index (κ3) is 7.32. The molecule has 6 nitrogen and oxygen atoms in total. The first-order valence-corrected chi connectivity index (χ1v) is 7.57. The fourth-order valence-electron chi connectivity index (χ4n) is 1.89. The number of hydrogen-bond donors (Lipinski definition) is 2. The van der Waals surface area contributed by atoms with Gasteiger partial charge < -0.3 is 19.9 Å². The van der Waals surface area contributed by atoms with Crippen LogP contribution in [-0.4, -0.2) is 42.4 Å². The monoisotopic (exact) mass is 363 g/mol. The van der Waals surface area contributed by atoms with Crippen molar-refractivity contribution in [3.05, 3.63) is 24.3 Å². The van der Waals surface area contributed by atoms with Gasteiger partial charge in [-0.25, -0.2) is 4.79 Å². The molecule has 0 saturated carbocycles. The number of carbonyl (C=O) groups is 2. The predicted molar refractivity (Wildman–Crippen MR) is 82.5 cm³/mol. The number of para-hydroxylation sites is 2. The Morgan fingerprint density at radius 2 is 1.76 bits per heavy atom. The van der Waals surface area contributed by atoms with E-state index < -0.39 is 37.3 Å². The lowest BCUT2D eigenvalue weighted by Gasteiger charge is -2.20. The van der Waals surface area contributed by atoms with Gasteiger partial charge in [-0.2, -0.15) is 13.2 Å². The molecule has 0 saturated heterocycles. The summed E-state index contributed by atoms with van der Waals surface area (Å²) in [5, 5.41) is 11.4. The van der Waals surface area contributed by atoms with Crippen LogP contribution in [0.4, 0.5) is 13.2 Å². The average Bonchev–Trinajstić information content (AvgIpc) is 2.55. The van der Waals surface area contributed by atoms with Crippen molar-refractivity contribution in [1.29, 1.82) is 0 Å². The van der Waals surface area contributed by atoms with Gasteiger partial charge >= 0.3 is 12.1 Å². The molecule has 0 fully saturated rings. The summed E-state index contributed by atoms with van der Waals surface area (Å²) in [6.45, 7) is 1.43. The number of ether oxygens (including phenoxy) is 2. The maximum atomic E-state index is 12.2. The first-order chi connectivity index (χ1) is 11.6. The molecular formula is C16H20F3NO5. The molecule has 1 rings (SSSR count). The largest absolute Gasteiger partial charge is 0.480 e. The van der Waals surface area contributed by atoms with Crippen LogP contribution < -0.4 is 14.8 Å². The molecule has 2 atom stereocenters. The molecule has 2 unspecified atom stereocenters. The number of halogens is 3. The zero-order valence-electron chi connectivity index (χ0n) is 13.8. The number of aliphatic carboxylic acids is 1. The van der Waals surface area contributed by atoms with Crippen LogP contribution >= 0.6 is 0 Å². The van der Waals surface area contributed by atoms with E-state index in [9.17, 15) is 22.8 Å². The number of carboxylic acid groups (broad SMARTS) is 1. The van der Waals surface area contributed by atoms with Crippen molar-refractivity contribution < 1.29 is 37.3 Å². The molecule has 0 bridgehead atoms. The van der Waals surface area contributed by atoms with Gasteiger partial charge in [0.25, 0.3) is 5.91 Å². The number of benzene rings is 1. The second kappa shape index (κ2) is 9.14. The van der Waals surface area contributed by atoms with E-state index in [1.54, 1.807) is 13.8 Å². The molecule has 1 aromatic rings. The highest BCUT2D eigenvalue weighted by atomic mass is 19.4. The van der Waals surface area contributed by atoms with Crippen LogP contribution in [0.2, 0.25) is 0 Å². The van der Waals surface area contributed by atoms with Crippen LogP contribution in [0.25, 0.3) is 0 Å². The van der Waals surface area contributed by atoms with Gasteiger partial charge in [-0.1, -0.05) is 32.4 Å². The summed E-state index contributed by atoms with van der Waals surface area (Å²) in [5.41, 5.74) is 0. The minimum atomic E-state index is -4.50. The normalized spacial score (nSPS) is 13.6. The molecule has 0 aliphatic heterocycles. The van der Waals surface area contributed by atoms with Crippen molar-refractivity contribution in [2.75, 3.05) is 13.2 Å². The van der Waals surface area contributed by atoms with Gasteiger partial charge in [0.1, 0.15) is 6.04 Å². The molecule has 0 aliphatic rings. The van der Waals surface area contributed by atoms with E-state index in [0.717, 1.165) is 0 Å². The molecule has 0 aromatic heterocycles. The Bertz CT molecular complexity index is 591. The minimum Gasteiger partial charge on any atom is -0.480 e. The highest BCUT2D eigenvalue weighted by Gasteiger charge is 2.29. The summed E-state index contributed by atoms with van der Waals surface area (Å²) in [5.74, 6) is -2.36. The van der Waals surface area contributed by atoms with Crippen molar-refractivity contribution >= 4 is 11.9 Å². The lowest BCUT2D eigenvalue weighted by molar-refractivity contribution is -0.153. The highest BCUT2D eigenvalue weighted by Crippen LogP contribution is 2.28. The van der Waals surface area contributed by atoms with E-state index in [-0.39, 0.29) is 17.4 Å². The second-order valence-electron chi connectivity index (χ2n) is 5.41. The number of carbonyl (C=O) groups excluding carboxylic acids is 1. The van der Waals surface area contributed by atoms with Crippen LogP contribution in [-0.2, 0) is 9.59 Å². The van der Waals surface area contributed by atoms with Crippen LogP contribution in [0.3, 0.4) is 0 Å². The molecule has 0 spiro atoms. The Hall–Kier alpha value is -2.45. The summed E-state index contributed by atoms with van der Waals surface area (Å²) in [7, 11) is 0. The summed E-state index contributed by atoms with van der Waals surface area (Å²) < 4.78 is 46.5. The minimum absolute atomic E-state index is 0.0442. The van der Waals surface area contributed by atoms with E-state index >= 15 is 0 Å². The standard InChI is InChI=1S/C16H20F3NO5/c1-3-10(2)14(15(22)23)20-13(21)8-24-11-6-4-5-7-12(11)25-9-16(17,18)19/h4-7,10,14H,3,8-9H2,1-2H3,(H,20,21)(H,22,23). The summed E-state index contributed by atoms with van der Waals surface area (Å²) >= 11 is 0. The third-order valence-corrected chi connectivity index (χ3v) is 3.39. The second-order valence-corrected chi connectivity index (χ2v) is 5.41. The van der Waals surface area contributed by atoms with Gasteiger partial charge in [0.15, 0.2) is 24.7 Å². The predicted octanol–water partition coefficient (Wildman–Crippen LogP) is 2.62. The average molecular weight is 363 g/mol. The van der Waals surface area contributed by atoms with Crippen molar-refractivity contribution in [1.82, 2.24) is 5.32 Å². The molecular weight excluding hydrogens is 343 g/mol. The zero-order chi connectivity index (χ0) is 19.0. The molecule has 25 heavy (non-hydrogen) atoms. The summed E-state index contributed by atoms with van der Waals surface area (Å²) in [6, 6.07) is 4.52. The molecule has 0 aliphatic carbocycles. The highest BCUT2D eigenvalue weighted by molar-refractivity contribution is 5.84. The van der Waals surface area contributed by atoms with E-state index in [2.05, 4.69) is 10.1 Å². The Kier molecular flexibility index (Phi) is 7.53. The molecule has 0 heterocycles. The van der Waals surface area contributed by atoms with Crippen molar-refractivity contribution in [3.8, 4) is 11.5 Å². The van der Waals surface area contributed by atoms with E-state index in [1.165, 1.54) is 24.3 Å². The zero-order valence-corrected chi connectivity index (χ0v) is 13.8. The lowest BCUT2D eigenvalue weighted by Crippen LogP contribution is -2.46. The molecule has 1 aromatic carbocycles. The molecule has 0 radical (unpaired) electrons. The number of rotatable bonds is 9. The van der Waals surface area contributed by atoms with Gasteiger partial charge in [-0.15, -0.1) is 0 Å². The van der Waals surface area contributed by atoms with E-state index in [4.69, 9.17) is 9.84 Å². The molecule has 1 amide bonds. The van der Waals surface area contributed by atoms with Gasteiger partial charge in [-0.3, -0.25) is 4.79 Å². The maximum absolute atomic E-state index is 12.2. The Labute approximate surface area is 142 Å². The number of nitrogens with one attached hydrogen (secondary N) is 1. The smallest absolute Gasteiger partial charge is 0.422 e. The lowest BCUT2D eigenvalue weighted by atomic mass is 9.99. The molecule has 140 valence electrons. The van der Waals surface area contributed by atoms with Crippen molar-refractivity contribution in [2.45, 2.75) is 32.5 Å². The fourth-order valence-corrected chi connectivity index (χ4v) is 1.89. The van der Waals surface area contributed by atoms with Crippen LogP contribution in [0, 0.1) is 5.92 Å². The van der Waals surface area contributed by atoms with E-state index in [1.807, 2.05) is 0 Å². The van der Waals surface area contributed by atoms with Gasteiger partial charge in [0, 0.05) is 0 Å². The number of carboxylic acids is 1. The molecule has 2 N–H and O–H groups in total. The maximum Gasteiger partial charge on any atom is 0.422 e. The Morgan fingerprint density at radius 3 is 2.24 bits per heavy atom. The molecule has 9 heteroatoms. The summed E-state index contributed by atoms with van der Waals surface area (Å²) in [6.07, 6.45) is -3.96. The van der Waals surface area contributed by atoms with Gasteiger partial charge in [-0.05, 0) is 18.1 Å². The number of alkyl halides is 3. The van der Waals surface area contributed by atoms with Gasteiger partial charge in [0.2, 0.25) is 0 Å².